The third-order valence-electron chi connectivity index (χ3n) is 4.34. The van der Waals surface area contributed by atoms with Gasteiger partial charge in [0.15, 0.2) is 0 Å². The number of nitrogens with zero attached hydrogens (tertiary/aromatic N) is 1. The molecule has 0 radical (unpaired) electrons. The molecule has 2 rings (SSSR count). The summed E-state index contributed by atoms with van der Waals surface area (Å²) in [5, 5.41) is 3.51. The number of likely N-dealkylation sites (tertiary alicyclic amines) is 1. The summed E-state index contributed by atoms with van der Waals surface area (Å²) in [4.78, 5) is 2.64. The Kier molecular flexibility index (Phi) is 6.72. The lowest BCUT2D eigenvalue weighted by Gasteiger charge is -2.24. The topological polar surface area (TPSA) is 15.3 Å². The highest BCUT2D eigenvalue weighted by Crippen LogP contribution is 2.26. The number of hydrogen-bond acceptors (Lipinski definition) is 2. The Morgan fingerprint density at radius 2 is 2.19 bits per heavy atom. The van der Waals surface area contributed by atoms with E-state index in [2.05, 4.69) is 65.1 Å². The minimum absolute atomic E-state index is 0.703. The molecule has 21 heavy (non-hydrogen) atoms. The van der Waals surface area contributed by atoms with Gasteiger partial charge in [0.2, 0.25) is 0 Å². The third kappa shape index (κ3) is 5.08. The van der Waals surface area contributed by atoms with E-state index in [0.29, 0.717) is 5.92 Å². The van der Waals surface area contributed by atoms with Gasteiger partial charge in [-0.2, -0.15) is 0 Å². The number of benzene rings is 1. The van der Waals surface area contributed by atoms with Crippen molar-refractivity contribution in [3.05, 3.63) is 33.8 Å². The molecule has 1 fully saturated rings. The van der Waals surface area contributed by atoms with Crippen LogP contribution in [-0.4, -0.2) is 24.0 Å². The second kappa shape index (κ2) is 8.30. The number of hydrogen-bond donors (Lipinski definition) is 1. The van der Waals surface area contributed by atoms with Crippen LogP contribution in [0.25, 0.3) is 0 Å². The fourth-order valence-corrected chi connectivity index (χ4v) is 3.67. The van der Waals surface area contributed by atoms with E-state index in [1.54, 1.807) is 0 Å². The molecule has 0 amide bonds. The van der Waals surface area contributed by atoms with Crippen LogP contribution in [-0.2, 0) is 13.1 Å². The van der Waals surface area contributed by atoms with Gasteiger partial charge < -0.3 is 5.32 Å². The Bertz CT molecular complexity index is 445. The zero-order valence-electron chi connectivity index (χ0n) is 13.7. The summed E-state index contributed by atoms with van der Waals surface area (Å²) >= 11 is 3.76. The first-order valence-corrected chi connectivity index (χ1v) is 9.11. The van der Waals surface area contributed by atoms with E-state index in [-0.39, 0.29) is 0 Å². The first kappa shape index (κ1) is 17.0. The van der Waals surface area contributed by atoms with Crippen molar-refractivity contribution in [2.45, 2.75) is 59.2 Å². The maximum absolute atomic E-state index is 3.76. The van der Waals surface area contributed by atoms with Crippen LogP contribution in [0.15, 0.2) is 22.7 Å². The van der Waals surface area contributed by atoms with Crippen molar-refractivity contribution >= 4 is 15.9 Å². The summed E-state index contributed by atoms with van der Waals surface area (Å²) in [6.07, 6.45) is 3.99. The second-order valence-electron chi connectivity index (χ2n) is 6.63. The van der Waals surface area contributed by atoms with Gasteiger partial charge in [0.1, 0.15) is 0 Å². The molecule has 118 valence electrons. The fraction of sp³-hybridized carbons (Fsp3) is 0.667. The molecule has 0 bridgehead atoms. The monoisotopic (exact) mass is 352 g/mol. The predicted molar refractivity (Wildman–Crippen MR) is 94.4 cm³/mol. The van der Waals surface area contributed by atoms with E-state index in [4.69, 9.17) is 0 Å². The first-order chi connectivity index (χ1) is 10.1. The van der Waals surface area contributed by atoms with Gasteiger partial charge in [-0.25, -0.2) is 0 Å². The zero-order chi connectivity index (χ0) is 15.2. The van der Waals surface area contributed by atoms with E-state index < -0.39 is 0 Å². The molecule has 0 spiro atoms. The van der Waals surface area contributed by atoms with E-state index in [1.165, 1.54) is 41.4 Å². The molecule has 2 nitrogen and oxygen atoms in total. The summed E-state index contributed by atoms with van der Waals surface area (Å²) in [5.74, 6) is 0.703. The number of nitrogens with one attached hydrogen (secondary N) is 1. The van der Waals surface area contributed by atoms with Gasteiger partial charge >= 0.3 is 0 Å². The Hall–Kier alpha value is -0.380. The molecule has 3 heteroatoms. The number of rotatable bonds is 7. The fourth-order valence-electron chi connectivity index (χ4n) is 3.12. The minimum atomic E-state index is 0.703. The summed E-state index contributed by atoms with van der Waals surface area (Å²) in [7, 11) is 0. The Balaban J connectivity index is 1.92. The van der Waals surface area contributed by atoms with Gasteiger partial charge in [-0.3, -0.25) is 4.90 Å². The molecule has 1 atom stereocenters. The van der Waals surface area contributed by atoms with Gasteiger partial charge in [0.25, 0.3) is 0 Å². The van der Waals surface area contributed by atoms with Crippen LogP contribution in [0.3, 0.4) is 0 Å². The molecule has 1 N–H and O–H groups in total. The van der Waals surface area contributed by atoms with E-state index in [9.17, 15) is 0 Å². The quantitative estimate of drug-likeness (QED) is 0.773. The third-order valence-corrected chi connectivity index (χ3v) is 5.08. The normalized spacial score (nSPS) is 19.6. The van der Waals surface area contributed by atoms with Crippen molar-refractivity contribution in [3.63, 3.8) is 0 Å². The Morgan fingerprint density at radius 1 is 1.38 bits per heavy atom. The SMILES string of the molecule is CCC1CCCN1Cc1ccc(CNCC(C)C)cc1Br. The smallest absolute Gasteiger partial charge is 0.0247 e. The molecular formula is C18H29BrN2. The highest BCUT2D eigenvalue weighted by Gasteiger charge is 2.23. The molecule has 0 aliphatic carbocycles. The summed E-state index contributed by atoms with van der Waals surface area (Å²) in [6, 6.07) is 7.62. The van der Waals surface area contributed by atoms with Crippen LogP contribution < -0.4 is 5.32 Å². The van der Waals surface area contributed by atoms with Crippen molar-refractivity contribution in [2.75, 3.05) is 13.1 Å². The molecule has 1 unspecified atom stereocenters. The van der Waals surface area contributed by atoms with Gasteiger partial charge in [0.05, 0.1) is 0 Å². The van der Waals surface area contributed by atoms with Crippen molar-refractivity contribution in [2.24, 2.45) is 5.92 Å². The molecule has 1 heterocycles. The van der Waals surface area contributed by atoms with E-state index in [0.717, 1.165) is 25.7 Å². The zero-order valence-corrected chi connectivity index (χ0v) is 15.2. The van der Waals surface area contributed by atoms with Crippen LogP contribution in [0.5, 0.6) is 0 Å². The van der Waals surface area contributed by atoms with Crippen LogP contribution >= 0.6 is 15.9 Å². The molecule has 1 aromatic rings. The highest BCUT2D eigenvalue weighted by molar-refractivity contribution is 9.10. The maximum atomic E-state index is 3.76. The molecule has 1 saturated heterocycles. The lowest BCUT2D eigenvalue weighted by Crippen LogP contribution is -2.28. The van der Waals surface area contributed by atoms with Crippen molar-refractivity contribution in [1.82, 2.24) is 10.2 Å². The standard InChI is InChI=1S/C18H29BrN2/c1-4-17-6-5-9-21(17)13-16-8-7-15(10-18(16)19)12-20-11-14(2)3/h7-8,10,14,17,20H,4-6,9,11-13H2,1-3H3. The highest BCUT2D eigenvalue weighted by atomic mass is 79.9. The van der Waals surface area contributed by atoms with Crippen LogP contribution in [0.4, 0.5) is 0 Å². The van der Waals surface area contributed by atoms with Crippen molar-refractivity contribution in [3.8, 4) is 0 Å². The predicted octanol–water partition coefficient (Wildman–Crippen LogP) is 4.57. The van der Waals surface area contributed by atoms with Crippen molar-refractivity contribution in [1.29, 1.82) is 0 Å². The molecule has 1 aliphatic rings. The van der Waals surface area contributed by atoms with Crippen molar-refractivity contribution < 1.29 is 0 Å². The average molecular weight is 353 g/mol. The average Bonchev–Trinajstić information content (AvgIpc) is 2.88. The molecule has 1 aliphatic heterocycles. The maximum Gasteiger partial charge on any atom is 0.0247 e. The first-order valence-electron chi connectivity index (χ1n) is 8.32. The summed E-state index contributed by atoms with van der Waals surface area (Å²) < 4.78 is 1.26. The molecule has 1 aromatic carbocycles. The summed E-state index contributed by atoms with van der Waals surface area (Å²) in [6.45, 7) is 11.2. The van der Waals surface area contributed by atoms with Gasteiger partial charge in [-0.1, -0.05) is 48.8 Å². The van der Waals surface area contributed by atoms with Gasteiger partial charge in [-0.15, -0.1) is 0 Å². The molecular weight excluding hydrogens is 324 g/mol. The lowest BCUT2D eigenvalue weighted by molar-refractivity contribution is 0.239. The van der Waals surface area contributed by atoms with Crippen LogP contribution in [0.2, 0.25) is 0 Å². The number of halogens is 1. The molecule has 0 saturated carbocycles. The minimum Gasteiger partial charge on any atom is -0.312 e. The van der Waals surface area contributed by atoms with Crippen LogP contribution in [0.1, 0.15) is 51.2 Å². The van der Waals surface area contributed by atoms with E-state index >= 15 is 0 Å². The second-order valence-corrected chi connectivity index (χ2v) is 7.48. The van der Waals surface area contributed by atoms with Gasteiger partial charge in [0, 0.05) is 23.6 Å². The van der Waals surface area contributed by atoms with E-state index in [1.807, 2.05) is 0 Å². The Morgan fingerprint density at radius 3 is 2.86 bits per heavy atom. The van der Waals surface area contributed by atoms with Crippen LogP contribution in [0, 0.1) is 5.92 Å². The summed E-state index contributed by atoms with van der Waals surface area (Å²) in [5.41, 5.74) is 2.78. The van der Waals surface area contributed by atoms with Gasteiger partial charge in [-0.05, 0) is 55.5 Å². The largest absolute Gasteiger partial charge is 0.312 e. The Labute approximate surface area is 138 Å². The lowest BCUT2D eigenvalue weighted by atomic mass is 10.1. The molecule has 0 aromatic heterocycles.